The first-order valence-corrected chi connectivity index (χ1v) is 10.3. The first-order valence-electron chi connectivity index (χ1n) is 10.3. The smallest absolute Gasteiger partial charge is 0.295 e. The number of carbonyl (C=O) groups is 1. The second kappa shape index (κ2) is 10.8. The number of methoxy groups -OCH3 is 2. The molecule has 0 bridgehead atoms. The lowest BCUT2D eigenvalue weighted by atomic mass is 10.1. The minimum atomic E-state index is -0.323. The molecule has 0 aromatic heterocycles. The van der Waals surface area contributed by atoms with Crippen molar-refractivity contribution in [2.45, 2.75) is 13.5 Å². The Kier molecular flexibility index (Phi) is 7.86. The summed E-state index contributed by atoms with van der Waals surface area (Å²) in [6.07, 6.45) is 1.47. The number of piperazine rings is 1. The Bertz CT molecular complexity index is 881. The molecule has 0 spiro atoms. The Morgan fingerprint density at radius 1 is 1.16 bits per heavy atom. The summed E-state index contributed by atoms with van der Waals surface area (Å²) in [5.41, 5.74) is 5.75. The fourth-order valence-electron chi connectivity index (χ4n) is 3.58. The third kappa shape index (κ3) is 6.44. The average molecular weight is 427 g/mol. The van der Waals surface area contributed by atoms with E-state index in [0.717, 1.165) is 32.7 Å². The first-order chi connectivity index (χ1) is 15.0. The number of hydrazone groups is 1. The van der Waals surface area contributed by atoms with Gasteiger partial charge in [-0.25, -0.2) is 5.43 Å². The summed E-state index contributed by atoms with van der Waals surface area (Å²) in [4.78, 5) is 15.9. The number of hydrogen-bond acceptors (Lipinski definition) is 6. The van der Waals surface area contributed by atoms with Crippen LogP contribution in [0.1, 0.15) is 16.7 Å². The monoisotopic (exact) mass is 426 g/mol. The summed E-state index contributed by atoms with van der Waals surface area (Å²) in [5.74, 6) is -0.130. The molecule has 31 heavy (non-hydrogen) atoms. The summed E-state index contributed by atoms with van der Waals surface area (Å²) >= 11 is 0. The Balaban J connectivity index is 1.44. The van der Waals surface area contributed by atoms with E-state index in [2.05, 4.69) is 46.6 Å². The van der Waals surface area contributed by atoms with Crippen molar-refractivity contribution in [3.05, 3.63) is 53.1 Å². The molecule has 2 N–H and O–H groups in total. The molecule has 0 aliphatic carbocycles. The first kappa shape index (κ1) is 22.6. The van der Waals surface area contributed by atoms with Crippen molar-refractivity contribution in [3.63, 3.8) is 0 Å². The van der Waals surface area contributed by atoms with E-state index in [1.54, 1.807) is 12.1 Å². The highest BCUT2D eigenvalue weighted by molar-refractivity contribution is 5.84. The molecule has 0 saturated carbocycles. The quantitative estimate of drug-likeness (QED) is 0.456. The maximum absolute atomic E-state index is 12.2. The number of ether oxygens (including phenoxy) is 2. The van der Waals surface area contributed by atoms with Gasteiger partial charge in [0.25, 0.3) is 5.91 Å². The Morgan fingerprint density at radius 2 is 1.77 bits per heavy atom. The van der Waals surface area contributed by atoms with Crippen LogP contribution in [0.3, 0.4) is 0 Å². The lowest BCUT2D eigenvalue weighted by Crippen LogP contribution is -3.15. The Labute approximate surface area is 183 Å². The van der Waals surface area contributed by atoms with Gasteiger partial charge in [-0.3, -0.25) is 9.69 Å². The standard InChI is InChI=1S/C23H30N4O4/c1-17-4-6-18(7-5-17)15-26-8-10-27(11-9-26)16-22(28)25-24-14-19-12-20(30-2)23(29)21(13-19)31-3/h4-7,12-14,29H,8-11,15-16H2,1-3H3,(H,25,28)/b24-14+. The molecule has 1 amide bonds. The summed E-state index contributed by atoms with van der Waals surface area (Å²) in [6.45, 7) is 7.17. The second-order valence-corrected chi connectivity index (χ2v) is 7.74. The molecule has 1 saturated heterocycles. The molecule has 8 heteroatoms. The van der Waals surface area contributed by atoms with Crippen molar-refractivity contribution in [1.82, 2.24) is 10.3 Å². The van der Waals surface area contributed by atoms with Crippen molar-refractivity contribution < 1.29 is 24.3 Å². The highest BCUT2D eigenvalue weighted by atomic mass is 16.5. The molecule has 0 atom stereocenters. The zero-order valence-corrected chi connectivity index (χ0v) is 18.3. The van der Waals surface area contributed by atoms with E-state index in [9.17, 15) is 9.90 Å². The normalized spacial score (nSPS) is 15.2. The molecular formula is C23H30N4O4. The molecule has 2 aromatic rings. The van der Waals surface area contributed by atoms with Crippen molar-refractivity contribution in [2.75, 3.05) is 46.9 Å². The van der Waals surface area contributed by atoms with Gasteiger partial charge < -0.3 is 19.5 Å². The number of benzene rings is 2. The molecule has 166 valence electrons. The van der Waals surface area contributed by atoms with Crippen molar-refractivity contribution in [1.29, 1.82) is 0 Å². The van der Waals surface area contributed by atoms with E-state index in [0.29, 0.717) is 12.1 Å². The van der Waals surface area contributed by atoms with Gasteiger partial charge in [0.15, 0.2) is 6.54 Å². The van der Waals surface area contributed by atoms with Gasteiger partial charge in [0.2, 0.25) is 0 Å². The highest BCUT2D eigenvalue weighted by Crippen LogP contribution is 2.34. The number of rotatable bonds is 8. The SMILES string of the molecule is COc1cc(/C=N/NC(=O)C[NH+]2CCN(Cc3ccc(C)cc3)CC2)cc(OC)c1[O-]. The minimum absolute atomic E-state index is 0.141. The predicted molar refractivity (Wildman–Crippen MR) is 117 cm³/mol. The molecule has 1 fully saturated rings. The molecule has 1 aliphatic heterocycles. The van der Waals surface area contributed by atoms with Crippen molar-refractivity contribution >= 4 is 12.1 Å². The third-order valence-electron chi connectivity index (χ3n) is 5.39. The third-order valence-corrected chi connectivity index (χ3v) is 5.39. The number of carbonyl (C=O) groups excluding carboxylic acids is 1. The zero-order valence-electron chi connectivity index (χ0n) is 18.3. The van der Waals surface area contributed by atoms with Gasteiger partial charge in [-0.1, -0.05) is 29.8 Å². The van der Waals surface area contributed by atoms with Crippen LogP contribution < -0.4 is 24.9 Å². The van der Waals surface area contributed by atoms with Crippen molar-refractivity contribution in [2.24, 2.45) is 5.10 Å². The van der Waals surface area contributed by atoms with Crippen LogP contribution in [0, 0.1) is 6.92 Å². The van der Waals surface area contributed by atoms with Gasteiger partial charge in [0.05, 0.1) is 33.5 Å². The lowest BCUT2D eigenvalue weighted by molar-refractivity contribution is -0.896. The fraction of sp³-hybridized carbons (Fsp3) is 0.391. The lowest BCUT2D eigenvalue weighted by Gasteiger charge is -2.31. The van der Waals surface area contributed by atoms with E-state index in [1.165, 1.54) is 36.5 Å². The number of amides is 1. The number of hydrogen-bond donors (Lipinski definition) is 2. The molecule has 0 radical (unpaired) electrons. The molecule has 2 aromatic carbocycles. The summed E-state index contributed by atoms with van der Waals surface area (Å²) in [5, 5.41) is 16.0. The maximum atomic E-state index is 12.2. The van der Waals surface area contributed by atoms with Gasteiger partial charge in [0, 0.05) is 25.2 Å². The van der Waals surface area contributed by atoms with E-state index >= 15 is 0 Å². The van der Waals surface area contributed by atoms with Crippen LogP contribution in [0.25, 0.3) is 0 Å². The van der Waals surface area contributed by atoms with Gasteiger partial charge in [-0.15, -0.1) is 0 Å². The van der Waals surface area contributed by atoms with Crippen LogP contribution in [0.5, 0.6) is 17.2 Å². The predicted octanol–water partition coefficient (Wildman–Crippen LogP) is -0.0634. The van der Waals surface area contributed by atoms with Crippen LogP contribution in [0.15, 0.2) is 41.5 Å². The molecular weight excluding hydrogens is 396 g/mol. The van der Waals surface area contributed by atoms with Crippen LogP contribution in [0.4, 0.5) is 0 Å². The number of nitrogens with zero attached hydrogens (tertiary/aromatic N) is 2. The van der Waals surface area contributed by atoms with Crippen LogP contribution in [-0.2, 0) is 11.3 Å². The fourth-order valence-corrected chi connectivity index (χ4v) is 3.58. The largest absolute Gasteiger partial charge is 0.867 e. The van der Waals surface area contributed by atoms with Gasteiger partial charge in [0.1, 0.15) is 11.5 Å². The van der Waals surface area contributed by atoms with E-state index in [4.69, 9.17) is 9.47 Å². The topological polar surface area (TPSA) is 90.7 Å². The number of aryl methyl sites for hydroxylation is 1. The summed E-state index contributed by atoms with van der Waals surface area (Å²) in [6, 6.07) is 11.7. The molecule has 1 aliphatic rings. The summed E-state index contributed by atoms with van der Waals surface area (Å²) < 4.78 is 10.1. The van der Waals surface area contributed by atoms with Crippen LogP contribution >= 0.6 is 0 Å². The maximum Gasteiger partial charge on any atom is 0.295 e. The van der Waals surface area contributed by atoms with Gasteiger partial charge >= 0.3 is 0 Å². The van der Waals surface area contributed by atoms with E-state index in [1.807, 2.05) is 0 Å². The molecule has 8 nitrogen and oxygen atoms in total. The van der Waals surface area contributed by atoms with E-state index < -0.39 is 0 Å². The second-order valence-electron chi connectivity index (χ2n) is 7.74. The Hall–Kier alpha value is -3.10. The van der Waals surface area contributed by atoms with Crippen LogP contribution in [-0.4, -0.2) is 64.0 Å². The average Bonchev–Trinajstić information content (AvgIpc) is 2.77. The molecule has 1 heterocycles. The van der Waals surface area contributed by atoms with E-state index in [-0.39, 0.29) is 23.2 Å². The van der Waals surface area contributed by atoms with Crippen molar-refractivity contribution in [3.8, 4) is 17.2 Å². The number of nitrogens with one attached hydrogen (secondary N) is 2. The molecule has 3 rings (SSSR count). The highest BCUT2D eigenvalue weighted by Gasteiger charge is 2.22. The summed E-state index contributed by atoms with van der Waals surface area (Å²) in [7, 11) is 2.84. The minimum Gasteiger partial charge on any atom is -0.867 e. The van der Waals surface area contributed by atoms with Gasteiger partial charge in [-0.2, -0.15) is 5.10 Å². The van der Waals surface area contributed by atoms with Gasteiger partial charge in [-0.05, 0) is 30.4 Å². The Morgan fingerprint density at radius 3 is 2.35 bits per heavy atom. The zero-order chi connectivity index (χ0) is 22.2. The van der Waals surface area contributed by atoms with Crippen LogP contribution in [0.2, 0.25) is 0 Å². The number of quaternary nitrogens is 1. The molecule has 0 unspecified atom stereocenters.